The molecule has 0 unspecified atom stereocenters. The molecule has 1 amide bonds. The number of nitrogens with zero attached hydrogens (tertiary/aromatic N) is 1. The van der Waals surface area contributed by atoms with Crippen molar-refractivity contribution < 1.29 is 19.8 Å². The quantitative estimate of drug-likeness (QED) is 0.839. The van der Waals surface area contributed by atoms with Crippen LogP contribution in [-0.2, 0) is 0 Å². The van der Waals surface area contributed by atoms with E-state index in [1.807, 2.05) is 6.08 Å². The van der Waals surface area contributed by atoms with Gasteiger partial charge in [0, 0.05) is 13.1 Å². The zero-order valence-electron chi connectivity index (χ0n) is 9.67. The summed E-state index contributed by atoms with van der Waals surface area (Å²) in [5.74, 6) is -0.948. The van der Waals surface area contributed by atoms with Gasteiger partial charge in [-0.25, -0.2) is 9.59 Å². The van der Waals surface area contributed by atoms with Gasteiger partial charge in [-0.15, -0.1) is 0 Å². The van der Waals surface area contributed by atoms with Crippen LogP contribution in [-0.4, -0.2) is 40.3 Å². The maximum absolute atomic E-state index is 10.7. The van der Waals surface area contributed by atoms with E-state index < -0.39 is 12.1 Å². The number of aromatic carboxylic acids is 1. The molecule has 0 fully saturated rings. The van der Waals surface area contributed by atoms with Gasteiger partial charge in [-0.3, -0.25) is 0 Å². The van der Waals surface area contributed by atoms with Gasteiger partial charge in [-0.05, 0) is 29.7 Å². The number of carboxylic acid groups (broad SMARTS) is 2. The summed E-state index contributed by atoms with van der Waals surface area (Å²) in [6, 6.07) is 6.63. The predicted octanol–water partition coefficient (Wildman–Crippen LogP) is 2.15. The van der Waals surface area contributed by atoms with Gasteiger partial charge in [0.25, 0.3) is 0 Å². The molecule has 0 radical (unpaired) electrons. The van der Waals surface area contributed by atoms with Crippen molar-refractivity contribution in [2.45, 2.75) is 6.42 Å². The highest BCUT2D eigenvalue weighted by Gasteiger charge is 2.16. The molecule has 1 heterocycles. The molecule has 1 aliphatic heterocycles. The highest BCUT2D eigenvalue weighted by atomic mass is 16.4. The summed E-state index contributed by atoms with van der Waals surface area (Å²) >= 11 is 0. The third-order valence-corrected chi connectivity index (χ3v) is 2.98. The zero-order valence-corrected chi connectivity index (χ0v) is 9.67. The number of hydrogen-bond acceptors (Lipinski definition) is 2. The molecule has 1 aromatic carbocycles. The predicted molar refractivity (Wildman–Crippen MR) is 65.6 cm³/mol. The van der Waals surface area contributed by atoms with Crippen molar-refractivity contribution >= 4 is 17.6 Å². The van der Waals surface area contributed by atoms with E-state index in [2.05, 4.69) is 0 Å². The second-order valence-corrected chi connectivity index (χ2v) is 4.09. The molecular formula is C13H13NO4. The summed E-state index contributed by atoms with van der Waals surface area (Å²) in [5, 5.41) is 17.6. The van der Waals surface area contributed by atoms with Gasteiger partial charge in [0.15, 0.2) is 0 Å². The Morgan fingerprint density at radius 3 is 2.22 bits per heavy atom. The molecule has 1 aliphatic rings. The van der Waals surface area contributed by atoms with E-state index >= 15 is 0 Å². The van der Waals surface area contributed by atoms with Gasteiger partial charge in [0.1, 0.15) is 0 Å². The summed E-state index contributed by atoms with van der Waals surface area (Å²) < 4.78 is 0. The van der Waals surface area contributed by atoms with Gasteiger partial charge in [0.05, 0.1) is 5.56 Å². The Hall–Kier alpha value is -2.30. The molecular weight excluding hydrogens is 234 g/mol. The summed E-state index contributed by atoms with van der Waals surface area (Å²) in [7, 11) is 0. The Balaban J connectivity index is 2.13. The number of rotatable bonds is 2. The fourth-order valence-electron chi connectivity index (χ4n) is 1.93. The van der Waals surface area contributed by atoms with Gasteiger partial charge in [-0.2, -0.15) is 0 Å². The summed E-state index contributed by atoms with van der Waals surface area (Å²) in [6.45, 7) is 0.854. The van der Waals surface area contributed by atoms with E-state index in [9.17, 15) is 9.59 Å². The van der Waals surface area contributed by atoms with Crippen molar-refractivity contribution in [3.8, 4) is 0 Å². The van der Waals surface area contributed by atoms with Crippen LogP contribution in [0.5, 0.6) is 0 Å². The Bertz CT molecular complexity index is 504. The summed E-state index contributed by atoms with van der Waals surface area (Å²) in [6.07, 6.45) is 1.61. The lowest BCUT2D eigenvalue weighted by atomic mass is 9.98. The SMILES string of the molecule is O=C(O)c1ccc(C2=CCN(C(=O)O)CC2)cc1. The highest BCUT2D eigenvalue weighted by molar-refractivity contribution is 5.88. The molecule has 0 spiro atoms. The standard InChI is InChI=1S/C13H13NO4/c15-12(16)11-3-1-9(2-4-11)10-5-7-14(8-6-10)13(17)18/h1-5H,6-8H2,(H,15,16)(H,17,18). The molecule has 5 nitrogen and oxygen atoms in total. The number of carboxylic acids is 1. The van der Waals surface area contributed by atoms with Gasteiger partial charge in [-0.1, -0.05) is 18.2 Å². The summed E-state index contributed by atoms with van der Waals surface area (Å²) in [4.78, 5) is 22.8. The first kappa shape index (κ1) is 12.2. The van der Waals surface area contributed by atoms with Crippen molar-refractivity contribution in [3.05, 3.63) is 41.5 Å². The fourth-order valence-corrected chi connectivity index (χ4v) is 1.93. The Morgan fingerprint density at radius 1 is 1.11 bits per heavy atom. The second kappa shape index (κ2) is 4.91. The lowest BCUT2D eigenvalue weighted by molar-refractivity contribution is 0.0696. The fraction of sp³-hybridized carbons (Fsp3) is 0.231. The summed E-state index contributed by atoms with van der Waals surface area (Å²) in [5.41, 5.74) is 2.26. The van der Waals surface area contributed by atoms with E-state index in [-0.39, 0.29) is 5.56 Å². The lowest BCUT2D eigenvalue weighted by Gasteiger charge is -2.23. The third-order valence-electron chi connectivity index (χ3n) is 2.98. The normalized spacial score (nSPS) is 15.1. The number of amides is 1. The average Bonchev–Trinajstić information content (AvgIpc) is 2.39. The topological polar surface area (TPSA) is 77.8 Å². The van der Waals surface area contributed by atoms with Crippen LogP contribution in [0.25, 0.3) is 5.57 Å². The zero-order chi connectivity index (χ0) is 13.1. The van der Waals surface area contributed by atoms with Crippen LogP contribution in [0.2, 0.25) is 0 Å². The minimum absolute atomic E-state index is 0.252. The van der Waals surface area contributed by atoms with Crippen LogP contribution in [0.3, 0.4) is 0 Å². The first-order chi connectivity index (χ1) is 8.58. The lowest BCUT2D eigenvalue weighted by Crippen LogP contribution is -2.33. The van der Waals surface area contributed by atoms with Gasteiger partial charge in [0.2, 0.25) is 0 Å². The van der Waals surface area contributed by atoms with Crippen LogP contribution in [0.15, 0.2) is 30.3 Å². The third kappa shape index (κ3) is 2.51. The van der Waals surface area contributed by atoms with Crippen molar-refractivity contribution in [2.75, 3.05) is 13.1 Å². The van der Waals surface area contributed by atoms with Gasteiger partial charge >= 0.3 is 12.1 Å². The van der Waals surface area contributed by atoms with Crippen LogP contribution in [0.4, 0.5) is 4.79 Å². The van der Waals surface area contributed by atoms with Crippen LogP contribution < -0.4 is 0 Å². The smallest absolute Gasteiger partial charge is 0.407 e. The molecule has 94 valence electrons. The average molecular weight is 247 g/mol. The Morgan fingerprint density at radius 2 is 1.78 bits per heavy atom. The van der Waals surface area contributed by atoms with E-state index in [0.717, 1.165) is 11.1 Å². The van der Waals surface area contributed by atoms with E-state index in [0.29, 0.717) is 19.5 Å². The van der Waals surface area contributed by atoms with Crippen LogP contribution >= 0.6 is 0 Å². The minimum atomic E-state index is -0.948. The molecule has 18 heavy (non-hydrogen) atoms. The van der Waals surface area contributed by atoms with Crippen LogP contribution in [0, 0.1) is 0 Å². The minimum Gasteiger partial charge on any atom is -0.478 e. The van der Waals surface area contributed by atoms with E-state index in [1.54, 1.807) is 24.3 Å². The molecule has 0 bridgehead atoms. The van der Waals surface area contributed by atoms with E-state index in [1.165, 1.54) is 4.90 Å². The second-order valence-electron chi connectivity index (χ2n) is 4.09. The first-order valence-electron chi connectivity index (χ1n) is 5.58. The molecule has 0 aliphatic carbocycles. The monoisotopic (exact) mass is 247 g/mol. The largest absolute Gasteiger partial charge is 0.478 e. The maximum atomic E-state index is 10.7. The molecule has 0 saturated heterocycles. The van der Waals surface area contributed by atoms with Crippen molar-refractivity contribution in [1.29, 1.82) is 0 Å². The molecule has 0 aromatic heterocycles. The molecule has 2 N–H and O–H groups in total. The number of benzene rings is 1. The van der Waals surface area contributed by atoms with Crippen molar-refractivity contribution in [3.63, 3.8) is 0 Å². The highest BCUT2D eigenvalue weighted by Crippen LogP contribution is 2.22. The van der Waals surface area contributed by atoms with E-state index in [4.69, 9.17) is 10.2 Å². The number of hydrogen-bond donors (Lipinski definition) is 2. The van der Waals surface area contributed by atoms with Gasteiger partial charge < -0.3 is 15.1 Å². The Kier molecular flexibility index (Phi) is 3.32. The van der Waals surface area contributed by atoms with Crippen LogP contribution in [0.1, 0.15) is 22.3 Å². The van der Waals surface area contributed by atoms with Crippen molar-refractivity contribution in [2.24, 2.45) is 0 Å². The molecule has 5 heteroatoms. The maximum Gasteiger partial charge on any atom is 0.407 e. The first-order valence-corrected chi connectivity index (χ1v) is 5.58. The Labute approximate surface area is 104 Å². The number of carbonyl (C=O) groups is 2. The molecule has 0 atom stereocenters. The van der Waals surface area contributed by atoms with Crippen molar-refractivity contribution in [1.82, 2.24) is 4.90 Å². The molecule has 2 rings (SSSR count). The molecule has 1 aromatic rings. The molecule has 0 saturated carbocycles.